The maximum Gasteiger partial charge on any atom is 0.174 e. The van der Waals surface area contributed by atoms with Crippen LogP contribution >= 0.6 is 0 Å². The average molecular weight is 425 g/mol. The molecule has 4 rings (SSSR count). The molecule has 31 heavy (non-hydrogen) atoms. The van der Waals surface area contributed by atoms with Gasteiger partial charge in [0.1, 0.15) is 0 Å². The Morgan fingerprint density at radius 1 is 1.03 bits per heavy atom. The van der Waals surface area contributed by atoms with Gasteiger partial charge in [-0.3, -0.25) is 9.59 Å². The van der Waals surface area contributed by atoms with Crippen molar-refractivity contribution in [2.75, 3.05) is 6.61 Å². The average Bonchev–Trinajstić information content (AvgIpc) is 3.14. The SMILES string of the molecule is CC(C)=CCC/C(C)=C/CC/C(C)=C/C[C@]12O[C@H]1C(=O)[C@]1(CO)[C@@H]3C=C[C@@H](C3)[C@@H]1C2=O. The molecule has 0 aromatic heterocycles. The van der Waals surface area contributed by atoms with Crippen molar-refractivity contribution in [2.45, 2.75) is 77.9 Å². The predicted molar refractivity (Wildman–Crippen MR) is 121 cm³/mol. The van der Waals surface area contributed by atoms with E-state index in [1.165, 1.54) is 16.7 Å². The molecule has 2 bridgehead atoms. The van der Waals surface area contributed by atoms with E-state index in [2.05, 4.69) is 52.0 Å². The molecule has 0 unspecified atom stereocenters. The predicted octanol–water partition coefficient (Wildman–Crippen LogP) is 4.89. The lowest BCUT2D eigenvalue weighted by molar-refractivity contribution is -0.149. The van der Waals surface area contributed by atoms with E-state index in [1.54, 1.807) is 0 Å². The molecule has 0 amide bonds. The fourth-order valence-corrected chi connectivity index (χ4v) is 6.08. The number of aliphatic hydroxyl groups excluding tert-OH is 1. The molecule has 0 radical (unpaired) electrons. The van der Waals surface area contributed by atoms with Crippen LogP contribution in [0.1, 0.15) is 66.2 Å². The van der Waals surface area contributed by atoms with Crippen molar-refractivity contribution >= 4 is 11.6 Å². The van der Waals surface area contributed by atoms with E-state index >= 15 is 0 Å². The van der Waals surface area contributed by atoms with Gasteiger partial charge in [0.05, 0.1) is 12.0 Å². The molecule has 4 heteroatoms. The fourth-order valence-electron chi connectivity index (χ4n) is 6.08. The molecular weight excluding hydrogens is 388 g/mol. The van der Waals surface area contributed by atoms with Crippen LogP contribution in [0.4, 0.5) is 0 Å². The zero-order chi connectivity index (χ0) is 22.4. The number of hydrogen-bond acceptors (Lipinski definition) is 4. The first-order valence-electron chi connectivity index (χ1n) is 11.8. The number of fused-ring (bicyclic) bond motifs is 6. The van der Waals surface area contributed by atoms with Crippen molar-refractivity contribution in [3.63, 3.8) is 0 Å². The number of Topliss-reactive ketones (excluding diaryl/α,β-unsaturated/α-hetero) is 2. The molecule has 0 aromatic rings. The molecule has 1 saturated heterocycles. The highest BCUT2D eigenvalue weighted by Crippen LogP contribution is 2.65. The third kappa shape index (κ3) is 3.62. The summed E-state index contributed by atoms with van der Waals surface area (Å²) in [5, 5.41) is 10.1. The Bertz CT molecular complexity index is 887. The Balaban J connectivity index is 1.37. The summed E-state index contributed by atoms with van der Waals surface area (Å²) in [7, 11) is 0. The Kier molecular flexibility index (Phi) is 5.99. The van der Waals surface area contributed by atoms with Gasteiger partial charge in [-0.1, -0.05) is 47.1 Å². The number of rotatable bonds is 9. The van der Waals surface area contributed by atoms with Crippen molar-refractivity contribution < 1.29 is 19.4 Å². The van der Waals surface area contributed by atoms with E-state index < -0.39 is 23.0 Å². The minimum Gasteiger partial charge on any atom is -0.395 e. The molecule has 3 aliphatic carbocycles. The van der Waals surface area contributed by atoms with E-state index in [0.717, 1.165) is 32.1 Å². The summed E-state index contributed by atoms with van der Waals surface area (Å²) in [5.41, 5.74) is 2.08. The zero-order valence-corrected chi connectivity index (χ0v) is 19.3. The van der Waals surface area contributed by atoms with Gasteiger partial charge in [0.25, 0.3) is 0 Å². The number of carbonyl (C=O) groups is 2. The summed E-state index contributed by atoms with van der Waals surface area (Å²) in [5.74, 6) is -0.367. The Labute approximate surface area is 186 Å². The lowest BCUT2D eigenvalue weighted by atomic mass is 9.57. The van der Waals surface area contributed by atoms with Gasteiger partial charge in [-0.05, 0) is 71.6 Å². The Morgan fingerprint density at radius 2 is 1.71 bits per heavy atom. The second-order valence-electron chi connectivity index (χ2n) is 10.3. The van der Waals surface area contributed by atoms with Crippen molar-refractivity contribution in [3.05, 3.63) is 47.1 Å². The number of carbonyl (C=O) groups excluding carboxylic acids is 2. The highest BCUT2D eigenvalue weighted by molar-refractivity contribution is 6.12. The van der Waals surface area contributed by atoms with Gasteiger partial charge in [-0.15, -0.1) is 0 Å². The van der Waals surface area contributed by atoms with Gasteiger partial charge >= 0.3 is 0 Å². The number of epoxide rings is 1. The van der Waals surface area contributed by atoms with Crippen LogP contribution in [0.5, 0.6) is 0 Å². The van der Waals surface area contributed by atoms with Crippen molar-refractivity contribution in [3.8, 4) is 0 Å². The molecule has 3 fully saturated rings. The molecule has 0 spiro atoms. The highest BCUT2D eigenvalue weighted by Gasteiger charge is 2.79. The first-order chi connectivity index (χ1) is 14.8. The van der Waals surface area contributed by atoms with Gasteiger partial charge in [-0.25, -0.2) is 0 Å². The molecule has 4 nitrogen and oxygen atoms in total. The fraction of sp³-hybridized carbons (Fsp3) is 0.630. The molecule has 168 valence electrons. The first kappa shape index (κ1) is 22.4. The molecule has 0 aromatic carbocycles. The summed E-state index contributed by atoms with van der Waals surface area (Å²) in [6, 6.07) is 0. The zero-order valence-electron chi connectivity index (χ0n) is 19.3. The first-order valence-corrected chi connectivity index (χ1v) is 11.8. The third-order valence-corrected chi connectivity index (χ3v) is 7.99. The van der Waals surface area contributed by atoms with Gasteiger partial charge < -0.3 is 9.84 Å². The number of ether oxygens (including phenoxy) is 1. The molecule has 1 heterocycles. The smallest absolute Gasteiger partial charge is 0.174 e. The van der Waals surface area contributed by atoms with Crippen LogP contribution in [-0.4, -0.2) is 35.0 Å². The molecule has 2 saturated carbocycles. The second-order valence-corrected chi connectivity index (χ2v) is 10.3. The number of ketones is 2. The number of aliphatic hydroxyl groups is 1. The third-order valence-electron chi connectivity index (χ3n) is 7.99. The van der Waals surface area contributed by atoms with Crippen LogP contribution in [0.15, 0.2) is 47.1 Å². The summed E-state index contributed by atoms with van der Waals surface area (Å²) in [6.45, 7) is 8.28. The lowest BCUT2D eigenvalue weighted by Gasteiger charge is -2.41. The van der Waals surface area contributed by atoms with Crippen molar-refractivity contribution in [2.24, 2.45) is 23.2 Å². The van der Waals surface area contributed by atoms with E-state index in [0.29, 0.717) is 6.42 Å². The topological polar surface area (TPSA) is 66.9 Å². The maximum absolute atomic E-state index is 13.5. The standard InChI is InChI=1S/C27H36O4/c1-17(2)7-5-8-18(3)9-6-10-19(4)13-14-27-23(29)22-20-11-12-21(15-20)26(22,16-28)24(30)25(27)31-27/h7,9,11-13,20-22,25,28H,5-6,8,10,14-16H2,1-4H3/b18-9+,19-13+/t20-,21+,22+,25-,26+,27+/m0/s1. The molecular formula is C27H36O4. The summed E-state index contributed by atoms with van der Waals surface area (Å²) in [6.07, 6.45) is 15.5. The van der Waals surface area contributed by atoms with Crippen molar-refractivity contribution in [1.82, 2.24) is 0 Å². The second kappa shape index (κ2) is 8.29. The normalized spacial score (nSPS) is 38.4. The molecule has 1 N–H and O–H groups in total. The Morgan fingerprint density at radius 3 is 2.39 bits per heavy atom. The maximum atomic E-state index is 13.5. The number of hydrogen-bond donors (Lipinski definition) is 1. The molecule has 6 atom stereocenters. The van der Waals surface area contributed by atoms with Gasteiger partial charge in [0.2, 0.25) is 0 Å². The number of allylic oxidation sites excluding steroid dienone is 7. The van der Waals surface area contributed by atoms with E-state index in [1.807, 2.05) is 6.08 Å². The highest BCUT2D eigenvalue weighted by atomic mass is 16.6. The minimum absolute atomic E-state index is 0.0183. The van der Waals surface area contributed by atoms with Crippen LogP contribution in [-0.2, 0) is 14.3 Å². The van der Waals surface area contributed by atoms with Crippen LogP contribution < -0.4 is 0 Å². The van der Waals surface area contributed by atoms with Crippen molar-refractivity contribution in [1.29, 1.82) is 0 Å². The van der Waals surface area contributed by atoms with Gasteiger partial charge in [-0.2, -0.15) is 0 Å². The van der Waals surface area contributed by atoms with Crippen LogP contribution in [0, 0.1) is 23.2 Å². The summed E-state index contributed by atoms with van der Waals surface area (Å²) >= 11 is 0. The minimum atomic E-state index is -0.976. The van der Waals surface area contributed by atoms with Gasteiger partial charge in [0.15, 0.2) is 23.3 Å². The van der Waals surface area contributed by atoms with E-state index in [-0.39, 0.29) is 30.0 Å². The van der Waals surface area contributed by atoms with Crippen LogP contribution in [0.2, 0.25) is 0 Å². The van der Waals surface area contributed by atoms with E-state index in [9.17, 15) is 14.7 Å². The molecule has 1 aliphatic heterocycles. The quantitative estimate of drug-likeness (QED) is 0.423. The monoisotopic (exact) mass is 424 g/mol. The van der Waals surface area contributed by atoms with Crippen LogP contribution in [0.3, 0.4) is 0 Å². The molecule has 4 aliphatic rings. The van der Waals surface area contributed by atoms with E-state index in [4.69, 9.17) is 4.74 Å². The van der Waals surface area contributed by atoms with Gasteiger partial charge in [0, 0.05) is 12.3 Å². The lowest BCUT2D eigenvalue weighted by Crippen LogP contribution is -2.58. The largest absolute Gasteiger partial charge is 0.395 e. The summed E-state index contributed by atoms with van der Waals surface area (Å²) in [4.78, 5) is 26.7. The summed E-state index contributed by atoms with van der Waals surface area (Å²) < 4.78 is 5.83. The Hall–Kier alpha value is -1.78. The van der Waals surface area contributed by atoms with Crippen LogP contribution in [0.25, 0.3) is 0 Å².